The van der Waals surface area contributed by atoms with Gasteiger partial charge in [-0.3, -0.25) is 0 Å². The molecule has 2 aromatic rings. The van der Waals surface area contributed by atoms with Crippen LogP contribution in [-0.4, -0.2) is 32.4 Å². The van der Waals surface area contributed by atoms with E-state index in [0.29, 0.717) is 0 Å². The topological polar surface area (TPSA) is 62.5 Å². The van der Waals surface area contributed by atoms with Crippen molar-refractivity contribution in [1.82, 2.24) is 14.6 Å². The Balaban J connectivity index is 2.41. The molecule has 5 nitrogen and oxygen atoms in total. The molecule has 0 aliphatic carbocycles. The van der Waals surface area contributed by atoms with Crippen LogP contribution in [0.25, 0.3) is 5.52 Å². The molecular formula is C10H14N4O. The van der Waals surface area contributed by atoms with Crippen LogP contribution < -0.4 is 5.32 Å². The highest BCUT2D eigenvalue weighted by Crippen LogP contribution is 2.15. The monoisotopic (exact) mass is 206 g/mol. The minimum Gasteiger partial charge on any atom is -0.394 e. The van der Waals surface area contributed by atoms with Crippen molar-refractivity contribution in [2.75, 3.05) is 11.9 Å². The SMILES string of the molecule is Cc1cc2c(NC(C)CO)nccn2n1. The molecule has 80 valence electrons. The maximum Gasteiger partial charge on any atom is 0.152 e. The Morgan fingerprint density at radius 3 is 3.13 bits per heavy atom. The van der Waals surface area contributed by atoms with Gasteiger partial charge in [-0.2, -0.15) is 5.10 Å². The molecule has 15 heavy (non-hydrogen) atoms. The van der Waals surface area contributed by atoms with Crippen LogP contribution >= 0.6 is 0 Å². The van der Waals surface area contributed by atoms with Gasteiger partial charge in [0.2, 0.25) is 0 Å². The van der Waals surface area contributed by atoms with Gasteiger partial charge in [0.15, 0.2) is 5.82 Å². The maximum absolute atomic E-state index is 8.96. The first-order valence-electron chi connectivity index (χ1n) is 4.89. The molecule has 1 atom stereocenters. The van der Waals surface area contributed by atoms with Gasteiger partial charge in [-0.1, -0.05) is 0 Å². The van der Waals surface area contributed by atoms with Crippen LogP contribution in [0.15, 0.2) is 18.5 Å². The standard InChI is InChI=1S/C10H14N4O/c1-7-5-9-10(12-8(2)6-15)11-3-4-14(9)13-7/h3-5,8,15H,6H2,1-2H3,(H,11,12). The average molecular weight is 206 g/mol. The van der Waals surface area contributed by atoms with Gasteiger partial charge in [0, 0.05) is 18.4 Å². The van der Waals surface area contributed by atoms with Gasteiger partial charge < -0.3 is 10.4 Å². The third-order valence-electron chi connectivity index (χ3n) is 2.17. The van der Waals surface area contributed by atoms with Crippen molar-refractivity contribution in [2.45, 2.75) is 19.9 Å². The van der Waals surface area contributed by atoms with E-state index in [4.69, 9.17) is 5.11 Å². The lowest BCUT2D eigenvalue weighted by atomic mass is 10.3. The number of rotatable bonds is 3. The zero-order valence-electron chi connectivity index (χ0n) is 8.81. The zero-order valence-corrected chi connectivity index (χ0v) is 8.81. The van der Waals surface area contributed by atoms with E-state index in [1.807, 2.05) is 19.9 Å². The lowest BCUT2D eigenvalue weighted by Gasteiger charge is -2.11. The van der Waals surface area contributed by atoms with Crippen molar-refractivity contribution < 1.29 is 5.11 Å². The largest absolute Gasteiger partial charge is 0.394 e. The van der Waals surface area contributed by atoms with Crippen molar-refractivity contribution >= 4 is 11.3 Å². The molecule has 2 N–H and O–H groups in total. The lowest BCUT2D eigenvalue weighted by Crippen LogP contribution is -2.20. The number of aliphatic hydroxyl groups excluding tert-OH is 1. The number of nitrogens with zero attached hydrogens (tertiary/aromatic N) is 3. The van der Waals surface area contributed by atoms with Gasteiger partial charge in [-0.25, -0.2) is 9.50 Å². The van der Waals surface area contributed by atoms with Gasteiger partial charge in [0.05, 0.1) is 12.3 Å². The van der Waals surface area contributed by atoms with Crippen LogP contribution in [0.4, 0.5) is 5.82 Å². The molecular weight excluding hydrogens is 192 g/mol. The third-order valence-corrected chi connectivity index (χ3v) is 2.17. The van der Waals surface area contributed by atoms with E-state index in [9.17, 15) is 0 Å². The van der Waals surface area contributed by atoms with Crippen LogP contribution in [-0.2, 0) is 0 Å². The average Bonchev–Trinajstić information content (AvgIpc) is 2.59. The van der Waals surface area contributed by atoms with Crippen molar-refractivity contribution in [3.63, 3.8) is 0 Å². The van der Waals surface area contributed by atoms with Crippen molar-refractivity contribution in [1.29, 1.82) is 0 Å². The van der Waals surface area contributed by atoms with Crippen molar-refractivity contribution in [2.24, 2.45) is 0 Å². The summed E-state index contributed by atoms with van der Waals surface area (Å²) < 4.78 is 1.77. The second-order valence-corrected chi connectivity index (χ2v) is 3.62. The minimum atomic E-state index is -0.0149. The number of hydrogen-bond acceptors (Lipinski definition) is 4. The molecule has 0 aromatic carbocycles. The second-order valence-electron chi connectivity index (χ2n) is 3.62. The summed E-state index contributed by atoms with van der Waals surface area (Å²) in [6.45, 7) is 3.91. The zero-order chi connectivity index (χ0) is 10.8. The maximum atomic E-state index is 8.96. The highest BCUT2D eigenvalue weighted by Gasteiger charge is 2.07. The molecule has 0 fully saturated rings. The highest BCUT2D eigenvalue weighted by molar-refractivity contribution is 5.67. The van der Waals surface area contributed by atoms with Gasteiger partial charge in [0.1, 0.15) is 5.52 Å². The number of anilines is 1. The molecule has 0 aliphatic rings. The first-order valence-corrected chi connectivity index (χ1v) is 4.89. The van der Waals surface area contributed by atoms with Crippen LogP contribution in [0.2, 0.25) is 0 Å². The summed E-state index contributed by atoms with van der Waals surface area (Å²) in [5.41, 5.74) is 1.87. The first kappa shape index (κ1) is 9.92. The van der Waals surface area contributed by atoms with E-state index < -0.39 is 0 Å². The van der Waals surface area contributed by atoms with E-state index in [1.54, 1.807) is 16.9 Å². The molecule has 1 unspecified atom stereocenters. The van der Waals surface area contributed by atoms with E-state index in [2.05, 4.69) is 15.4 Å². The first-order chi connectivity index (χ1) is 7.20. The summed E-state index contributed by atoms with van der Waals surface area (Å²) >= 11 is 0. The Morgan fingerprint density at radius 2 is 2.40 bits per heavy atom. The Kier molecular flexibility index (Phi) is 2.55. The van der Waals surface area contributed by atoms with E-state index >= 15 is 0 Å². The number of aromatic nitrogens is 3. The normalized spacial score (nSPS) is 13.0. The predicted molar refractivity (Wildman–Crippen MR) is 57.9 cm³/mol. The molecule has 0 spiro atoms. The Labute approximate surface area is 87.8 Å². The molecule has 0 aliphatic heterocycles. The fourth-order valence-corrected chi connectivity index (χ4v) is 1.43. The lowest BCUT2D eigenvalue weighted by molar-refractivity contribution is 0.281. The number of fused-ring (bicyclic) bond motifs is 1. The summed E-state index contributed by atoms with van der Waals surface area (Å²) in [4.78, 5) is 4.23. The quantitative estimate of drug-likeness (QED) is 0.780. The minimum absolute atomic E-state index is 0.0149. The Hall–Kier alpha value is -1.62. The van der Waals surface area contributed by atoms with Gasteiger partial charge >= 0.3 is 0 Å². The molecule has 0 saturated heterocycles. The molecule has 0 saturated carbocycles. The van der Waals surface area contributed by atoms with Gasteiger partial charge in [0.25, 0.3) is 0 Å². The Bertz CT molecular complexity index is 465. The van der Waals surface area contributed by atoms with Crippen LogP contribution in [0.3, 0.4) is 0 Å². The molecule has 0 radical (unpaired) electrons. The fourth-order valence-electron chi connectivity index (χ4n) is 1.43. The number of aryl methyl sites for hydroxylation is 1. The third kappa shape index (κ3) is 1.92. The van der Waals surface area contributed by atoms with Crippen LogP contribution in [0.1, 0.15) is 12.6 Å². The van der Waals surface area contributed by atoms with Crippen molar-refractivity contribution in [3.8, 4) is 0 Å². The molecule has 2 aromatic heterocycles. The molecule has 0 bridgehead atoms. The molecule has 2 rings (SSSR count). The summed E-state index contributed by atoms with van der Waals surface area (Å²) in [7, 11) is 0. The van der Waals surface area contributed by atoms with Crippen LogP contribution in [0, 0.1) is 6.92 Å². The summed E-state index contributed by atoms with van der Waals surface area (Å²) in [6, 6.07) is 1.94. The van der Waals surface area contributed by atoms with E-state index in [-0.39, 0.29) is 12.6 Å². The van der Waals surface area contributed by atoms with Gasteiger partial charge in [-0.05, 0) is 19.9 Å². The second kappa shape index (κ2) is 3.86. The molecule has 2 heterocycles. The predicted octanol–water partition coefficient (Wildman–Crippen LogP) is 0.830. The smallest absolute Gasteiger partial charge is 0.152 e. The number of hydrogen-bond donors (Lipinski definition) is 2. The highest BCUT2D eigenvalue weighted by atomic mass is 16.3. The van der Waals surface area contributed by atoms with Crippen molar-refractivity contribution in [3.05, 3.63) is 24.2 Å². The summed E-state index contributed by atoms with van der Waals surface area (Å²) in [6.07, 6.45) is 3.49. The molecule has 5 heteroatoms. The van der Waals surface area contributed by atoms with Gasteiger partial charge in [-0.15, -0.1) is 0 Å². The molecule has 0 amide bonds. The fraction of sp³-hybridized carbons (Fsp3) is 0.400. The number of aliphatic hydroxyl groups is 1. The van der Waals surface area contributed by atoms with E-state index in [1.165, 1.54) is 0 Å². The van der Waals surface area contributed by atoms with Crippen LogP contribution in [0.5, 0.6) is 0 Å². The van der Waals surface area contributed by atoms with E-state index in [0.717, 1.165) is 17.0 Å². The number of nitrogens with one attached hydrogen (secondary N) is 1. The Morgan fingerprint density at radius 1 is 1.60 bits per heavy atom. The summed E-state index contributed by atoms with van der Waals surface area (Å²) in [5, 5.41) is 16.4. The summed E-state index contributed by atoms with van der Waals surface area (Å²) in [5.74, 6) is 0.750.